The molecule has 1 aromatic carbocycles. The number of carbonyl (C=O) groups is 1. The SMILES string of the molecule is CC(C)C[C@@](C)(COc1ccc(B2OC(C)(C)C(C)(C)O2)cc1C(F)(F)F)N(C(=O)O)C(C)(C)C. The number of hydrogen-bond acceptors (Lipinski definition) is 4. The summed E-state index contributed by atoms with van der Waals surface area (Å²) in [5, 5.41) is 9.94. The Morgan fingerprint density at radius 1 is 1.09 bits per heavy atom. The maximum atomic E-state index is 14.1. The Bertz CT molecular complexity index is 911. The van der Waals surface area contributed by atoms with Gasteiger partial charge in [0.05, 0.1) is 22.3 Å². The highest BCUT2D eigenvalue weighted by molar-refractivity contribution is 6.62. The van der Waals surface area contributed by atoms with Crippen molar-refractivity contribution in [3.8, 4) is 5.75 Å². The Balaban J connectivity index is 2.43. The lowest BCUT2D eigenvalue weighted by Crippen LogP contribution is -2.61. The fraction of sp³-hybridized carbons (Fsp3) is 0.720. The van der Waals surface area contributed by atoms with Gasteiger partial charge in [0.15, 0.2) is 0 Å². The molecule has 1 aliphatic heterocycles. The van der Waals surface area contributed by atoms with E-state index >= 15 is 0 Å². The molecule has 0 aromatic heterocycles. The Kier molecular flexibility index (Phi) is 7.95. The number of alkyl halides is 3. The number of nitrogens with zero attached hydrogens (tertiary/aromatic N) is 1. The fourth-order valence-electron chi connectivity index (χ4n) is 4.68. The number of hydrogen-bond donors (Lipinski definition) is 1. The third kappa shape index (κ3) is 6.44. The molecule has 0 aliphatic carbocycles. The lowest BCUT2D eigenvalue weighted by Gasteiger charge is -2.47. The van der Waals surface area contributed by atoms with Crippen LogP contribution >= 0.6 is 0 Å². The molecule has 6 nitrogen and oxygen atoms in total. The fourth-order valence-corrected chi connectivity index (χ4v) is 4.68. The van der Waals surface area contributed by atoms with Crippen molar-refractivity contribution in [2.75, 3.05) is 6.61 Å². The second-order valence-electron chi connectivity index (χ2n) is 12.0. The van der Waals surface area contributed by atoms with Crippen LogP contribution in [-0.2, 0) is 15.5 Å². The molecule has 0 saturated carbocycles. The van der Waals surface area contributed by atoms with E-state index < -0.39 is 47.2 Å². The van der Waals surface area contributed by atoms with Crippen molar-refractivity contribution < 1.29 is 37.1 Å². The lowest BCUT2D eigenvalue weighted by atomic mass is 9.78. The zero-order valence-corrected chi connectivity index (χ0v) is 22.5. The summed E-state index contributed by atoms with van der Waals surface area (Å²) < 4.78 is 59.7. The van der Waals surface area contributed by atoms with E-state index in [-0.39, 0.29) is 23.7 Å². The van der Waals surface area contributed by atoms with E-state index in [0.717, 1.165) is 6.07 Å². The van der Waals surface area contributed by atoms with Crippen molar-refractivity contribution in [3.63, 3.8) is 0 Å². The van der Waals surface area contributed by atoms with Gasteiger partial charge in [-0.1, -0.05) is 19.9 Å². The van der Waals surface area contributed by atoms with Gasteiger partial charge in [0.25, 0.3) is 0 Å². The van der Waals surface area contributed by atoms with Crippen LogP contribution in [0.4, 0.5) is 18.0 Å². The van der Waals surface area contributed by atoms with Crippen LogP contribution in [-0.4, -0.2) is 52.1 Å². The first-order chi connectivity index (χ1) is 15.6. The van der Waals surface area contributed by atoms with Crippen LogP contribution in [0.3, 0.4) is 0 Å². The van der Waals surface area contributed by atoms with Gasteiger partial charge < -0.3 is 19.2 Å². The molecular formula is C25H39BF3NO5. The van der Waals surface area contributed by atoms with E-state index in [1.54, 1.807) is 27.7 Å². The molecule has 35 heavy (non-hydrogen) atoms. The van der Waals surface area contributed by atoms with Crippen molar-refractivity contribution >= 4 is 18.7 Å². The molecule has 2 rings (SSSR count). The molecule has 1 aromatic rings. The van der Waals surface area contributed by atoms with E-state index in [4.69, 9.17) is 14.0 Å². The average Bonchev–Trinajstić information content (AvgIpc) is 2.84. The zero-order valence-electron chi connectivity index (χ0n) is 22.5. The maximum absolute atomic E-state index is 14.1. The molecule has 1 atom stereocenters. The van der Waals surface area contributed by atoms with Crippen LogP contribution < -0.4 is 10.2 Å². The summed E-state index contributed by atoms with van der Waals surface area (Å²) >= 11 is 0. The number of halogens is 3. The first-order valence-corrected chi connectivity index (χ1v) is 11.8. The van der Waals surface area contributed by atoms with E-state index in [9.17, 15) is 23.1 Å². The highest BCUT2D eigenvalue weighted by atomic mass is 19.4. The molecule has 1 saturated heterocycles. The Morgan fingerprint density at radius 2 is 1.60 bits per heavy atom. The molecule has 1 N–H and O–H groups in total. The van der Waals surface area contributed by atoms with Crippen LogP contribution in [0.2, 0.25) is 0 Å². The topological polar surface area (TPSA) is 68.2 Å². The smallest absolute Gasteiger partial charge is 0.491 e. The van der Waals surface area contributed by atoms with Crippen molar-refractivity contribution in [3.05, 3.63) is 23.8 Å². The summed E-state index contributed by atoms with van der Waals surface area (Å²) in [6.45, 7) is 17.9. The summed E-state index contributed by atoms with van der Waals surface area (Å²) in [5.74, 6) is -0.285. The van der Waals surface area contributed by atoms with Crippen LogP contribution in [0, 0.1) is 5.92 Å². The number of carboxylic acid groups (broad SMARTS) is 1. The molecule has 0 radical (unpaired) electrons. The summed E-state index contributed by atoms with van der Waals surface area (Å²) in [6.07, 6.45) is -5.44. The number of amides is 1. The van der Waals surface area contributed by atoms with Gasteiger partial charge in [-0.05, 0) is 85.3 Å². The van der Waals surface area contributed by atoms with Crippen LogP contribution in [0.5, 0.6) is 5.75 Å². The van der Waals surface area contributed by atoms with Crippen LogP contribution in [0.15, 0.2) is 18.2 Å². The Morgan fingerprint density at radius 3 is 2.00 bits per heavy atom. The normalized spacial score (nSPS) is 19.5. The number of benzene rings is 1. The van der Waals surface area contributed by atoms with E-state index in [0.29, 0.717) is 6.42 Å². The molecular weight excluding hydrogens is 462 g/mol. The highest BCUT2D eigenvalue weighted by Gasteiger charge is 2.52. The van der Waals surface area contributed by atoms with Gasteiger partial charge in [0.1, 0.15) is 12.4 Å². The third-order valence-electron chi connectivity index (χ3n) is 6.62. The van der Waals surface area contributed by atoms with Crippen molar-refractivity contribution in [1.29, 1.82) is 0 Å². The largest absolute Gasteiger partial charge is 0.494 e. The van der Waals surface area contributed by atoms with Gasteiger partial charge in [-0.15, -0.1) is 0 Å². The molecule has 0 unspecified atom stereocenters. The third-order valence-corrected chi connectivity index (χ3v) is 6.62. The zero-order chi connectivity index (χ0) is 27.2. The summed E-state index contributed by atoms with van der Waals surface area (Å²) in [7, 11) is -0.954. The van der Waals surface area contributed by atoms with Gasteiger partial charge in [-0.2, -0.15) is 13.2 Å². The standard InChI is InChI=1S/C25H39BF3NO5/c1-16(2)14-24(10,30(20(31)32)21(3,4)5)15-33-19-12-11-17(13-18(19)25(27,28)29)26-34-22(6,7)23(8,9)35-26/h11-13,16H,14-15H2,1-10H3,(H,31,32)/t24-/m0/s1. The van der Waals surface area contributed by atoms with E-state index in [1.165, 1.54) is 17.0 Å². The molecule has 0 spiro atoms. The van der Waals surface area contributed by atoms with Crippen molar-refractivity contribution in [2.24, 2.45) is 5.92 Å². The molecule has 1 aliphatic rings. The maximum Gasteiger partial charge on any atom is 0.494 e. The molecule has 10 heteroatoms. The molecule has 1 amide bonds. The summed E-state index contributed by atoms with van der Waals surface area (Å²) in [5.41, 5.74) is -3.98. The lowest BCUT2D eigenvalue weighted by molar-refractivity contribution is -0.139. The Hall–Kier alpha value is -1.94. The van der Waals surface area contributed by atoms with Gasteiger partial charge in [-0.25, -0.2) is 4.79 Å². The van der Waals surface area contributed by atoms with Crippen LogP contribution in [0.25, 0.3) is 0 Å². The van der Waals surface area contributed by atoms with Crippen LogP contribution in [0.1, 0.15) is 81.2 Å². The second kappa shape index (κ2) is 9.50. The number of rotatable bonds is 7. The van der Waals surface area contributed by atoms with Gasteiger partial charge in [-0.3, -0.25) is 4.90 Å². The monoisotopic (exact) mass is 501 g/mol. The predicted octanol–water partition coefficient (Wildman–Crippen LogP) is 5.97. The predicted molar refractivity (Wildman–Crippen MR) is 130 cm³/mol. The molecule has 198 valence electrons. The first kappa shape index (κ1) is 29.3. The van der Waals surface area contributed by atoms with Crippen molar-refractivity contribution in [1.82, 2.24) is 4.90 Å². The Labute approximate surface area is 207 Å². The van der Waals surface area contributed by atoms with Gasteiger partial charge in [0, 0.05) is 5.54 Å². The summed E-state index contributed by atoms with van der Waals surface area (Å²) in [6, 6.07) is 3.72. The minimum atomic E-state index is -4.69. The molecule has 1 fully saturated rings. The average molecular weight is 501 g/mol. The highest BCUT2D eigenvalue weighted by Crippen LogP contribution is 2.40. The quantitative estimate of drug-likeness (QED) is 0.467. The van der Waals surface area contributed by atoms with Gasteiger partial charge in [0.2, 0.25) is 0 Å². The molecule has 1 heterocycles. The minimum Gasteiger partial charge on any atom is -0.491 e. The minimum absolute atomic E-state index is 0.0839. The van der Waals surface area contributed by atoms with E-state index in [2.05, 4.69) is 0 Å². The summed E-state index contributed by atoms with van der Waals surface area (Å²) in [4.78, 5) is 13.4. The van der Waals surface area contributed by atoms with E-state index in [1.807, 2.05) is 41.5 Å². The van der Waals surface area contributed by atoms with Gasteiger partial charge >= 0.3 is 19.4 Å². The number of ether oxygens (including phenoxy) is 1. The molecule has 0 bridgehead atoms. The first-order valence-electron chi connectivity index (χ1n) is 11.8. The van der Waals surface area contributed by atoms with Crippen molar-refractivity contribution in [2.45, 2.75) is 104 Å². The second-order valence-corrected chi connectivity index (χ2v) is 12.0.